The first-order chi connectivity index (χ1) is 33.2. The third-order valence-electron chi connectivity index (χ3n) is 13.6. The van der Waals surface area contributed by atoms with Gasteiger partial charge in [0.05, 0.1) is 5.41 Å². The smallest absolute Gasteiger partial charge is 0.227 e. The van der Waals surface area contributed by atoms with Gasteiger partial charge in [-0.25, -0.2) is 19.9 Å². The van der Waals surface area contributed by atoms with Crippen molar-refractivity contribution in [1.29, 1.82) is 0 Å². The van der Waals surface area contributed by atoms with Crippen LogP contribution in [0.1, 0.15) is 22.3 Å². The van der Waals surface area contributed by atoms with Crippen molar-refractivity contribution in [2.45, 2.75) is 5.41 Å². The molecule has 0 saturated heterocycles. The second-order valence-electron chi connectivity index (χ2n) is 17.2. The highest BCUT2D eigenvalue weighted by atomic mass is 32.1. The van der Waals surface area contributed by atoms with E-state index in [1.165, 1.54) is 32.5 Å². The highest BCUT2D eigenvalue weighted by Gasteiger charge is 2.47. The summed E-state index contributed by atoms with van der Waals surface area (Å²) in [7, 11) is 0. The molecule has 0 unspecified atom stereocenters. The van der Waals surface area contributed by atoms with Crippen LogP contribution >= 0.6 is 11.3 Å². The van der Waals surface area contributed by atoms with Crippen LogP contribution < -0.4 is 0 Å². The van der Waals surface area contributed by atoms with Crippen molar-refractivity contribution in [3.63, 3.8) is 0 Å². The molecule has 0 radical (unpaired) electrons. The molecule has 0 amide bonds. The number of aromatic nitrogens is 4. The predicted octanol–water partition coefficient (Wildman–Crippen LogP) is 15.7. The Morgan fingerprint density at radius 2 is 0.970 bits per heavy atom. The van der Waals surface area contributed by atoms with E-state index in [9.17, 15) is 0 Å². The second-order valence-corrected chi connectivity index (χ2v) is 18.3. The quantitative estimate of drug-likeness (QED) is 0.167. The molecule has 1 aliphatic carbocycles. The molecule has 67 heavy (non-hydrogen) atoms. The van der Waals surface area contributed by atoms with Gasteiger partial charge < -0.3 is 4.42 Å². The summed E-state index contributed by atoms with van der Waals surface area (Å²) >= 11 is 1.77. The first-order valence-electron chi connectivity index (χ1n) is 22.5. The third-order valence-corrected chi connectivity index (χ3v) is 14.8. The van der Waals surface area contributed by atoms with Gasteiger partial charge >= 0.3 is 0 Å². The van der Waals surface area contributed by atoms with Gasteiger partial charge in [-0.3, -0.25) is 0 Å². The summed E-state index contributed by atoms with van der Waals surface area (Å²) in [5.74, 6) is 2.45. The summed E-state index contributed by atoms with van der Waals surface area (Å²) in [5, 5.41) is 6.64. The lowest BCUT2D eigenvalue weighted by Crippen LogP contribution is -2.28. The Balaban J connectivity index is 1.03. The molecule has 0 saturated carbocycles. The maximum atomic E-state index is 6.66. The lowest BCUT2D eigenvalue weighted by Gasteiger charge is -2.33. The van der Waals surface area contributed by atoms with E-state index in [-0.39, 0.29) is 0 Å². The van der Waals surface area contributed by atoms with Gasteiger partial charge in [-0.2, -0.15) is 0 Å². The molecule has 13 aromatic rings. The topological polar surface area (TPSA) is 64.7 Å². The minimum absolute atomic E-state index is 0.567. The Morgan fingerprint density at radius 3 is 1.79 bits per heavy atom. The van der Waals surface area contributed by atoms with E-state index in [0.717, 1.165) is 75.9 Å². The van der Waals surface area contributed by atoms with Crippen LogP contribution in [0.5, 0.6) is 0 Å². The average molecular weight is 873 g/mol. The summed E-state index contributed by atoms with van der Waals surface area (Å²) in [6.45, 7) is 0. The number of fused-ring (bicyclic) bond motifs is 11. The Bertz CT molecular complexity index is 4060. The molecule has 0 fully saturated rings. The maximum Gasteiger partial charge on any atom is 0.227 e. The van der Waals surface area contributed by atoms with Crippen molar-refractivity contribution in [2.24, 2.45) is 0 Å². The lowest BCUT2D eigenvalue weighted by molar-refractivity contribution is 0.623. The van der Waals surface area contributed by atoms with Crippen LogP contribution in [0.3, 0.4) is 0 Å². The predicted molar refractivity (Wildman–Crippen MR) is 274 cm³/mol. The van der Waals surface area contributed by atoms with Crippen LogP contribution in [0.15, 0.2) is 223 Å². The minimum Gasteiger partial charge on any atom is -0.435 e. The highest BCUT2D eigenvalue weighted by molar-refractivity contribution is 7.26. The zero-order valence-corrected chi connectivity index (χ0v) is 36.7. The molecule has 1 aliphatic rings. The van der Waals surface area contributed by atoms with Crippen molar-refractivity contribution in [2.75, 3.05) is 0 Å². The van der Waals surface area contributed by atoms with Gasteiger partial charge in [0.2, 0.25) is 5.89 Å². The number of rotatable bonds is 6. The number of hydrogen-bond donors (Lipinski definition) is 0. The molecule has 5 nitrogen and oxygen atoms in total. The van der Waals surface area contributed by atoms with Gasteiger partial charge in [0, 0.05) is 42.4 Å². The maximum absolute atomic E-state index is 6.66. The van der Waals surface area contributed by atoms with Crippen LogP contribution in [0.25, 0.3) is 110 Å². The highest BCUT2D eigenvalue weighted by Crippen LogP contribution is 2.58. The Labute approximate surface area is 389 Å². The van der Waals surface area contributed by atoms with Gasteiger partial charge in [0.15, 0.2) is 23.1 Å². The standard InChI is InChI=1S/C61H36N4OS/c1-4-17-39(18-5-1)60-62-50-33-35-52-55(56(50)66-60)54-47-36-40(31-30-38(47)32-34-51(54)67-52)57-63-58(44-26-14-19-37-16-10-11-24-43(37)44)65-59(64-57)46-27-15-29-49-53(46)45-25-12-13-28-48(45)61(49,41-20-6-2-7-21-41)42-22-8-3-9-23-42/h1-36H. The van der Waals surface area contributed by atoms with E-state index in [1.54, 1.807) is 11.3 Å². The van der Waals surface area contributed by atoms with Crippen LogP contribution in [-0.2, 0) is 5.41 Å². The fraction of sp³-hybridized carbons (Fsp3) is 0.0164. The molecule has 0 N–H and O–H groups in total. The Morgan fingerprint density at radius 1 is 0.388 bits per heavy atom. The molecule has 3 heterocycles. The van der Waals surface area contributed by atoms with Crippen molar-refractivity contribution in [3.8, 4) is 56.7 Å². The molecule has 3 aromatic heterocycles. The van der Waals surface area contributed by atoms with E-state index < -0.39 is 5.41 Å². The van der Waals surface area contributed by atoms with E-state index >= 15 is 0 Å². The van der Waals surface area contributed by atoms with Gasteiger partial charge in [-0.05, 0) is 91.3 Å². The summed E-state index contributed by atoms with van der Waals surface area (Å²) in [4.78, 5) is 21.3. The number of hydrogen-bond acceptors (Lipinski definition) is 6. The van der Waals surface area contributed by atoms with E-state index in [1.807, 2.05) is 30.3 Å². The lowest BCUT2D eigenvalue weighted by atomic mass is 9.67. The zero-order valence-electron chi connectivity index (χ0n) is 35.9. The molecule has 0 bridgehead atoms. The van der Waals surface area contributed by atoms with E-state index in [0.29, 0.717) is 23.4 Å². The first kappa shape index (κ1) is 37.8. The largest absolute Gasteiger partial charge is 0.435 e. The average Bonchev–Trinajstić information content (AvgIpc) is 4.10. The summed E-state index contributed by atoms with van der Waals surface area (Å²) in [5.41, 5.74) is 12.0. The molecular weight excluding hydrogens is 837 g/mol. The molecule has 312 valence electrons. The zero-order chi connectivity index (χ0) is 44.1. The third kappa shape index (κ3) is 5.67. The Hall–Kier alpha value is -8.58. The van der Waals surface area contributed by atoms with E-state index in [4.69, 9.17) is 24.4 Å². The number of benzene rings is 10. The summed E-state index contributed by atoms with van der Waals surface area (Å²) < 4.78 is 8.98. The van der Waals surface area contributed by atoms with E-state index in [2.05, 4.69) is 188 Å². The van der Waals surface area contributed by atoms with Crippen LogP contribution in [0, 0.1) is 0 Å². The monoisotopic (exact) mass is 872 g/mol. The molecule has 0 spiro atoms. The summed E-state index contributed by atoms with van der Waals surface area (Å²) in [6, 6.07) is 77.5. The van der Waals surface area contributed by atoms with Gasteiger partial charge in [0.25, 0.3) is 0 Å². The SMILES string of the molecule is c1ccc(-c2nc3ccc4sc5ccc6ccc(-c7nc(-c8cccc9c8-c8ccccc8C9(c8ccccc8)c8ccccc8)nc(-c8cccc9ccccc89)n7)cc6c5c4c3o2)cc1. The van der Waals surface area contributed by atoms with Crippen LogP contribution in [-0.4, -0.2) is 19.9 Å². The van der Waals surface area contributed by atoms with Gasteiger partial charge in [-0.1, -0.05) is 182 Å². The first-order valence-corrected chi connectivity index (χ1v) is 23.4. The van der Waals surface area contributed by atoms with Crippen molar-refractivity contribution in [3.05, 3.63) is 241 Å². The molecule has 6 heteroatoms. The molecule has 0 aliphatic heterocycles. The number of thiophene rings is 1. The molecule has 0 atom stereocenters. The van der Waals surface area contributed by atoms with Gasteiger partial charge in [-0.15, -0.1) is 11.3 Å². The molecular formula is C61H36N4OS. The fourth-order valence-electron chi connectivity index (χ4n) is 10.7. The second kappa shape index (κ2) is 14.7. The molecule has 14 rings (SSSR count). The van der Waals surface area contributed by atoms with Crippen LogP contribution in [0.4, 0.5) is 0 Å². The fourth-order valence-corrected chi connectivity index (χ4v) is 11.9. The normalized spacial score (nSPS) is 12.9. The number of oxazole rings is 1. The van der Waals surface area contributed by atoms with Crippen molar-refractivity contribution < 1.29 is 4.42 Å². The summed E-state index contributed by atoms with van der Waals surface area (Å²) in [6.07, 6.45) is 0. The van der Waals surface area contributed by atoms with Gasteiger partial charge in [0.1, 0.15) is 5.52 Å². The van der Waals surface area contributed by atoms with Crippen LogP contribution in [0.2, 0.25) is 0 Å². The van der Waals surface area contributed by atoms with Crippen molar-refractivity contribution in [1.82, 2.24) is 19.9 Å². The number of nitrogens with zero attached hydrogens (tertiary/aromatic N) is 4. The van der Waals surface area contributed by atoms with Crippen molar-refractivity contribution >= 4 is 64.2 Å². The minimum atomic E-state index is -0.567. The molecule has 10 aromatic carbocycles. The Kier molecular flexibility index (Phi) is 8.30.